The van der Waals surface area contributed by atoms with Crippen LogP contribution in [0.25, 0.3) is 0 Å². The molecular weight excluding hydrogens is 308 g/mol. The van der Waals surface area contributed by atoms with Crippen molar-refractivity contribution in [2.75, 3.05) is 20.1 Å². The summed E-state index contributed by atoms with van der Waals surface area (Å²) in [6.07, 6.45) is 3.61. The van der Waals surface area contributed by atoms with E-state index in [9.17, 15) is 13.2 Å². The zero-order valence-electron chi connectivity index (χ0n) is 12.6. The van der Waals surface area contributed by atoms with Gasteiger partial charge in [0.05, 0.1) is 12.4 Å². The van der Waals surface area contributed by atoms with Gasteiger partial charge in [-0.05, 0) is 18.8 Å². The Hall–Kier alpha value is -1.45. The number of carbonyl (C=O) groups is 1. The van der Waals surface area contributed by atoms with E-state index in [-0.39, 0.29) is 29.5 Å². The molecule has 0 aliphatic carbocycles. The molecule has 3 rings (SSSR count). The van der Waals surface area contributed by atoms with Crippen molar-refractivity contribution in [3.05, 3.63) is 12.5 Å². The number of amides is 1. The maximum absolute atomic E-state index is 12.6. The SMILES string of the molecule is CNC(=O)[C@H]1C[C@@H]2CCN(S(=O)(=O)c3cn(C)cn3)C[C@@H]2O1. The number of nitrogens with one attached hydrogen (secondary N) is 1. The number of aromatic nitrogens is 2. The maximum atomic E-state index is 12.6. The number of ether oxygens (including phenoxy) is 1. The zero-order chi connectivity index (χ0) is 15.9. The number of likely N-dealkylation sites (N-methyl/N-ethyl adjacent to an activating group) is 1. The topological polar surface area (TPSA) is 93.5 Å². The number of imidazole rings is 1. The molecule has 2 aliphatic rings. The molecule has 1 aromatic heterocycles. The van der Waals surface area contributed by atoms with Crippen LogP contribution >= 0.6 is 0 Å². The van der Waals surface area contributed by atoms with E-state index in [1.807, 2.05) is 0 Å². The minimum absolute atomic E-state index is 0.0503. The summed E-state index contributed by atoms with van der Waals surface area (Å²) in [6, 6.07) is 0. The lowest BCUT2D eigenvalue weighted by Gasteiger charge is -2.32. The minimum Gasteiger partial charge on any atom is -0.363 e. The fraction of sp³-hybridized carbons (Fsp3) is 0.692. The Morgan fingerprint density at radius 3 is 2.91 bits per heavy atom. The van der Waals surface area contributed by atoms with Crippen LogP contribution < -0.4 is 5.32 Å². The molecule has 2 aliphatic heterocycles. The van der Waals surface area contributed by atoms with Gasteiger partial charge in [0.1, 0.15) is 6.10 Å². The Morgan fingerprint density at radius 2 is 2.27 bits per heavy atom. The van der Waals surface area contributed by atoms with Crippen molar-refractivity contribution in [1.29, 1.82) is 0 Å². The summed E-state index contributed by atoms with van der Waals surface area (Å²) in [5.41, 5.74) is 0. The highest BCUT2D eigenvalue weighted by Gasteiger charge is 2.44. The predicted molar refractivity (Wildman–Crippen MR) is 77.4 cm³/mol. The van der Waals surface area contributed by atoms with Crippen LogP contribution in [0.3, 0.4) is 0 Å². The van der Waals surface area contributed by atoms with Crippen LogP contribution in [-0.2, 0) is 26.6 Å². The van der Waals surface area contributed by atoms with Crippen molar-refractivity contribution >= 4 is 15.9 Å². The van der Waals surface area contributed by atoms with Crippen molar-refractivity contribution < 1.29 is 17.9 Å². The number of sulfonamides is 1. The molecule has 0 saturated carbocycles. The van der Waals surface area contributed by atoms with Gasteiger partial charge in [0.15, 0.2) is 5.03 Å². The first kappa shape index (κ1) is 15.4. The fourth-order valence-corrected chi connectivity index (χ4v) is 4.54. The molecule has 0 unspecified atom stereocenters. The third-order valence-corrected chi connectivity index (χ3v) is 6.09. The first-order chi connectivity index (χ1) is 10.4. The van der Waals surface area contributed by atoms with Gasteiger partial charge in [-0.2, -0.15) is 4.31 Å². The Balaban J connectivity index is 1.73. The van der Waals surface area contributed by atoms with E-state index in [0.717, 1.165) is 0 Å². The predicted octanol–water partition coefficient (Wildman–Crippen LogP) is -0.666. The normalized spacial score (nSPS) is 29.3. The van der Waals surface area contributed by atoms with Gasteiger partial charge in [0.25, 0.3) is 10.0 Å². The molecule has 9 heteroatoms. The van der Waals surface area contributed by atoms with Crippen LogP contribution in [0.2, 0.25) is 0 Å². The van der Waals surface area contributed by atoms with Crippen molar-refractivity contribution in [3.63, 3.8) is 0 Å². The summed E-state index contributed by atoms with van der Waals surface area (Å²) in [7, 11) is -0.299. The summed E-state index contributed by atoms with van der Waals surface area (Å²) in [6.45, 7) is 0.709. The summed E-state index contributed by atoms with van der Waals surface area (Å²) in [4.78, 5) is 15.6. The summed E-state index contributed by atoms with van der Waals surface area (Å²) >= 11 is 0. The van der Waals surface area contributed by atoms with E-state index in [4.69, 9.17) is 4.74 Å². The van der Waals surface area contributed by atoms with Gasteiger partial charge in [0.2, 0.25) is 5.91 Å². The van der Waals surface area contributed by atoms with E-state index in [0.29, 0.717) is 19.4 Å². The quantitative estimate of drug-likeness (QED) is 0.794. The van der Waals surface area contributed by atoms with Crippen LogP contribution in [0, 0.1) is 5.92 Å². The molecule has 1 N–H and O–H groups in total. The largest absolute Gasteiger partial charge is 0.363 e. The number of fused-ring (bicyclic) bond motifs is 1. The second-order valence-corrected chi connectivity index (χ2v) is 7.69. The molecule has 0 aromatic carbocycles. The van der Waals surface area contributed by atoms with E-state index in [1.54, 1.807) is 18.7 Å². The second-order valence-electron chi connectivity index (χ2n) is 5.80. The number of piperidine rings is 1. The van der Waals surface area contributed by atoms with Gasteiger partial charge >= 0.3 is 0 Å². The molecule has 1 amide bonds. The molecule has 2 fully saturated rings. The van der Waals surface area contributed by atoms with Crippen LogP contribution in [0.4, 0.5) is 0 Å². The Bertz CT molecular complexity index is 671. The molecule has 3 heterocycles. The van der Waals surface area contributed by atoms with Crippen molar-refractivity contribution in [2.24, 2.45) is 13.0 Å². The fourth-order valence-electron chi connectivity index (χ4n) is 3.10. The van der Waals surface area contributed by atoms with E-state index < -0.39 is 16.1 Å². The highest BCUT2D eigenvalue weighted by Crippen LogP contribution is 2.34. The molecule has 2 saturated heterocycles. The van der Waals surface area contributed by atoms with Gasteiger partial charge in [-0.25, -0.2) is 13.4 Å². The van der Waals surface area contributed by atoms with Gasteiger partial charge in [0, 0.05) is 33.4 Å². The van der Waals surface area contributed by atoms with Crippen LogP contribution in [0.5, 0.6) is 0 Å². The van der Waals surface area contributed by atoms with Gasteiger partial charge < -0.3 is 14.6 Å². The highest BCUT2D eigenvalue weighted by atomic mass is 32.2. The summed E-state index contributed by atoms with van der Waals surface area (Å²) < 4.78 is 33.9. The molecule has 122 valence electrons. The monoisotopic (exact) mass is 328 g/mol. The molecule has 0 bridgehead atoms. The molecule has 1 aromatic rings. The molecule has 22 heavy (non-hydrogen) atoms. The zero-order valence-corrected chi connectivity index (χ0v) is 13.4. The standard InChI is InChI=1S/C13H20N4O4S/c1-14-13(18)10-5-9-3-4-17(6-11(9)21-10)22(19,20)12-7-16(2)8-15-12/h7-11H,3-6H2,1-2H3,(H,14,18)/t9-,10+,11-/m0/s1. The third-order valence-electron chi connectivity index (χ3n) is 4.34. The van der Waals surface area contributed by atoms with Crippen molar-refractivity contribution in [1.82, 2.24) is 19.2 Å². The number of hydrogen-bond acceptors (Lipinski definition) is 5. The van der Waals surface area contributed by atoms with Gasteiger partial charge in [-0.15, -0.1) is 0 Å². The van der Waals surface area contributed by atoms with Crippen LogP contribution in [0.15, 0.2) is 17.6 Å². The number of rotatable bonds is 3. The molecule has 3 atom stereocenters. The smallest absolute Gasteiger partial charge is 0.262 e. The molecular formula is C13H20N4O4S. The van der Waals surface area contributed by atoms with Gasteiger partial charge in [-0.3, -0.25) is 4.79 Å². The average Bonchev–Trinajstić information content (AvgIpc) is 3.11. The lowest BCUT2D eigenvalue weighted by molar-refractivity contribution is -0.131. The van der Waals surface area contributed by atoms with E-state index >= 15 is 0 Å². The third kappa shape index (κ3) is 2.64. The Morgan fingerprint density at radius 1 is 1.50 bits per heavy atom. The first-order valence-electron chi connectivity index (χ1n) is 7.27. The van der Waals surface area contributed by atoms with Gasteiger partial charge in [-0.1, -0.05) is 0 Å². The highest BCUT2D eigenvalue weighted by molar-refractivity contribution is 7.89. The second kappa shape index (κ2) is 5.64. The Kier molecular flexibility index (Phi) is 3.96. The molecule has 0 radical (unpaired) electrons. The molecule has 8 nitrogen and oxygen atoms in total. The first-order valence-corrected chi connectivity index (χ1v) is 8.71. The minimum atomic E-state index is -3.60. The summed E-state index contributed by atoms with van der Waals surface area (Å²) in [5.74, 6) is 0.0889. The van der Waals surface area contributed by atoms with Crippen LogP contribution in [-0.4, -0.2) is 60.5 Å². The Labute approximate surface area is 129 Å². The molecule has 0 spiro atoms. The van der Waals surface area contributed by atoms with E-state index in [1.165, 1.54) is 16.8 Å². The number of hydrogen-bond donors (Lipinski definition) is 1. The maximum Gasteiger partial charge on any atom is 0.262 e. The van der Waals surface area contributed by atoms with Crippen molar-refractivity contribution in [3.8, 4) is 0 Å². The number of carbonyl (C=O) groups excluding carboxylic acids is 1. The lowest BCUT2D eigenvalue weighted by atomic mass is 9.93. The van der Waals surface area contributed by atoms with Crippen LogP contribution in [0.1, 0.15) is 12.8 Å². The number of aryl methyl sites for hydroxylation is 1. The lowest BCUT2D eigenvalue weighted by Crippen LogP contribution is -2.45. The average molecular weight is 328 g/mol. The number of nitrogens with zero attached hydrogens (tertiary/aromatic N) is 3. The van der Waals surface area contributed by atoms with E-state index in [2.05, 4.69) is 10.3 Å². The summed E-state index contributed by atoms with van der Waals surface area (Å²) in [5, 5.41) is 2.63. The van der Waals surface area contributed by atoms with Crippen molar-refractivity contribution in [2.45, 2.75) is 30.1 Å².